The van der Waals surface area contributed by atoms with Crippen LogP contribution >= 0.6 is 0 Å². The van der Waals surface area contributed by atoms with E-state index in [2.05, 4.69) is 0 Å². The molecule has 3 atom stereocenters. The number of ether oxygens (including phenoxy) is 2. The smallest absolute Gasteiger partial charge is 0.247 e. The number of methoxy groups -OCH3 is 1. The van der Waals surface area contributed by atoms with E-state index >= 15 is 0 Å². The number of hydrogen-bond acceptors (Lipinski definition) is 4. The molecule has 0 aromatic heterocycles. The highest BCUT2D eigenvalue weighted by Gasteiger charge is 2.47. The summed E-state index contributed by atoms with van der Waals surface area (Å²) in [6.45, 7) is 3.75. The number of sulfonamides is 1. The van der Waals surface area contributed by atoms with E-state index in [1.165, 1.54) is 11.4 Å². The second kappa shape index (κ2) is 6.64. The van der Waals surface area contributed by atoms with Gasteiger partial charge >= 0.3 is 0 Å². The van der Waals surface area contributed by atoms with E-state index in [0.717, 1.165) is 11.1 Å². The monoisotopic (exact) mass is 347 g/mol. The molecule has 128 valence electrons. The van der Waals surface area contributed by atoms with Crippen molar-refractivity contribution in [3.63, 3.8) is 0 Å². The molecule has 2 aromatic carbocycles. The molecule has 5 nitrogen and oxygen atoms in total. The SMILES string of the molecule is COC1O[C@H](c2ccccc2)[C@H](C)N1S(=O)(=O)c1ccc(C)cc1. The van der Waals surface area contributed by atoms with Crippen molar-refractivity contribution < 1.29 is 17.9 Å². The third kappa shape index (κ3) is 2.98. The molecule has 0 N–H and O–H groups in total. The maximum Gasteiger partial charge on any atom is 0.247 e. The molecule has 1 unspecified atom stereocenters. The van der Waals surface area contributed by atoms with Crippen molar-refractivity contribution >= 4 is 10.0 Å². The van der Waals surface area contributed by atoms with E-state index in [9.17, 15) is 8.42 Å². The summed E-state index contributed by atoms with van der Waals surface area (Å²) in [4.78, 5) is 0.235. The van der Waals surface area contributed by atoms with E-state index in [0.29, 0.717) is 0 Å². The summed E-state index contributed by atoms with van der Waals surface area (Å²) in [5, 5.41) is 0. The van der Waals surface area contributed by atoms with Crippen LogP contribution in [-0.4, -0.2) is 32.3 Å². The summed E-state index contributed by atoms with van der Waals surface area (Å²) >= 11 is 0. The van der Waals surface area contributed by atoms with Crippen molar-refractivity contribution in [2.75, 3.05) is 7.11 Å². The molecule has 0 spiro atoms. The molecule has 1 aliphatic rings. The summed E-state index contributed by atoms with van der Waals surface area (Å²) in [7, 11) is -2.28. The molecule has 1 heterocycles. The van der Waals surface area contributed by atoms with E-state index in [4.69, 9.17) is 9.47 Å². The van der Waals surface area contributed by atoms with Gasteiger partial charge in [-0.1, -0.05) is 48.0 Å². The van der Waals surface area contributed by atoms with Gasteiger partial charge in [0.1, 0.15) is 6.10 Å². The second-order valence-electron chi connectivity index (χ2n) is 5.90. The molecule has 24 heavy (non-hydrogen) atoms. The van der Waals surface area contributed by atoms with Gasteiger partial charge in [0.25, 0.3) is 0 Å². The maximum absolute atomic E-state index is 13.1. The second-order valence-corrected chi connectivity index (χ2v) is 7.74. The van der Waals surface area contributed by atoms with Gasteiger partial charge in [0.15, 0.2) is 0 Å². The van der Waals surface area contributed by atoms with Gasteiger partial charge in [-0.15, -0.1) is 4.31 Å². The first-order chi connectivity index (χ1) is 11.4. The molecule has 3 rings (SSSR count). The van der Waals surface area contributed by atoms with Crippen molar-refractivity contribution in [2.45, 2.75) is 37.3 Å². The normalized spacial score (nSPS) is 25.0. The molecule has 1 saturated heterocycles. The topological polar surface area (TPSA) is 55.8 Å². The van der Waals surface area contributed by atoms with Crippen LogP contribution in [0.2, 0.25) is 0 Å². The van der Waals surface area contributed by atoms with Crippen LogP contribution in [0.3, 0.4) is 0 Å². The van der Waals surface area contributed by atoms with E-state index < -0.39 is 16.4 Å². The highest BCUT2D eigenvalue weighted by atomic mass is 32.2. The van der Waals surface area contributed by atoms with E-state index in [-0.39, 0.29) is 17.0 Å². The molecule has 0 saturated carbocycles. The quantitative estimate of drug-likeness (QED) is 0.853. The zero-order chi connectivity index (χ0) is 17.3. The lowest BCUT2D eigenvalue weighted by molar-refractivity contribution is -0.151. The van der Waals surface area contributed by atoms with Gasteiger partial charge in [0.05, 0.1) is 10.9 Å². The third-order valence-corrected chi connectivity index (χ3v) is 6.16. The Hall–Kier alpha value is -1.73. The Morgan fingerprint density at radius 1 is 1.04 bits per heavy atom. The van der Waals surface area contributed by atoms with Gasteiger partial charge in [-0.25, -0.2) is 8.42 Å². The Balaban J connectivity index is 1.98. The highest BCUT2D eigenvalue weighted by molar-refractivity contribution is 7.89. The Morgan fingerprint density at radius 2 is 1.67 bits per heavy atom. The van der Waals surface area contributed by atoms with Crippen LogP contribution in [0.4, 0.5) is 0 Å². The lowest BCUT2D eigenvalue weighted by atomic mass is 10.0. The number of rotatable bonds is 4. The molecule has 2 aromatic rings. The maximum atomic E-state index is 13.1. The van der Waals surface area contributed by atoms with Crippen molar-refractivity contribution in [3.8, 4) is 0 Å². The predicted molar refractivity (Wildman–Crippen MR) is 90.7 cm³/mol. The Labute approximate surface area is 142 Å². The van der Waals surface area contributed by atoms with Gasteiger partial charge < -0.3 is 9.47 Å². The first-order valence-electron chi connectivity index (χ1n) is 7.78. The number of nitrogens with zero attached hydrogens (tertiary/aromatic N) is 1. The molecule has 0 bridgehead atoms. The van der Waals surface area contributed by atoms with E-state index in [1.807, 2.05) is 44.2 Å². The number of benzene rings is 2. The molecular weight excluding hydrogens is 326 g/mol. The van der Waals surface area contributed by atoms with Crippen molar-refractivity contribution in [1.82, 2.24) is 4.31 Å². The van der Waals surface area contributed by atoms with Gasteiger partial charge in [0.2, 0.25) is 16.4 Å². The standard InChI is InChI=1S/C18H21NO4S/c1-13-9-11-16(12-10-13)24(20,21)19-14(2)17(23-18(19)22-3)15-7-5-4-6-8-15/h4-12,14,17-18H,1-3H3/t14-,17-,18?/m0/s1. The van der Waals surface area contributed by atoms with Crippen LogP contribution in [-0.2, 0) is 19.5 Å². The lowest BCUT2D eigenvalue weighted by Gasteiger charge is -2.24. The molecule has 0 radical (unpaired) electrons. The minimum absolute atomic E-state index is 0.235. The fraction of sp³-hybridized carbons (Fsp3) is 0.333. The van der Waals surface area contributed by atoms with Crippen LogP contribution in [0.1, 0.15) is 24.2 Å². The summed E-state index contributed by atoms with van der Waals surface area (Å²) < 4.78 is 38.6. The van der Waals surface area contributed by atoms with Crippen molar-refractivity contribution in [2.24, 2.45) is 0 Å². The van der Waals surface area contributed by atoms with E-state index in [1.54, 1.807) is 24.3 Å². The summed E-state index contributed by atoms with van der Waals surface area (Å²) in [6.07, 6.45) is -1.33. The highest BCUT2D eigenvalue weighted by Crippen LogP contribution is 2.38. The largest absolute Gasteiger partial charge is 0.342 e. The number of hydrogen-bond donors (Lipinski definition) is 0. The van der Waals surface area contributed by atoms with Crippen LogP contribution in [0.15, 0.2) is 59.5 Å². The van der Waals surface area contributed by atoms with Crippen molar-refractivity contribution in [1.29, 1.82) is 0 Å². The van der Waals surface area contributed by atoms with Gasteiger partial charge in [-0.2, -0.15) is 0 Å². The lowest BCUT2D eigenvalue weighted by Crippen LogP contribution is -2.41. The van der Waals surface area contributed by atoms with Crippen LogP contribution in [0.25, 0.3) is 0 Å². The summed E-state index contributed by atoms with van der Waals surface area (Å²) in [5.74, 6) is 0. The minimum Gasteiger partial charge on any atom is -0.342 e. The predicted octanol–water partition coefficient (Wildman–Crippen LogP) is 3.08. The molecule has 1 aliphatic heterocycles. The van der Waals surface area contributed by atoms with Gasteiger partial charge in [0, 0.05) is 7.11 Å². The Morgan fingerprint density at radius 3 is 2.25 bits per heavy atom. The minimum atomic E-state index is -3.72. The zero-order valence-electron chi connectivity index (χ0n) is 13.9. The first-order valence-corrected chi connectivity index (χ1v) is 9.22. The average molecular weight is 347 g/mol. The van der Waals surface area contributed by atoms with Crippen molar-refractivity contribution in [3.05, 3.63) is 65.7 Å². The third-order valence-electron chi connectivity index (χ3n) is 4.24. The average Bonchev–Trinajstić information content (AvgIpc) is 2.93. The Bertz CT molecular complexity index is 790. The number of aryl methyl sites for hydroxylation is 1. The molecule has 6 heteroatoms. The van der Waals surface area contributed by atoms with Crippen LogP contribution in [0.5, 0.6) is 0 Å². The fourth-order valence-electron chi connectivity index (χ4n) is 2.95. The molecular formula is C18H21NO4S. The summed E-state index contributed by atoms with van der Waals surface area (Å²) in [5.41, 5.74) is 1.93. The summed E-state index contributed by atoms with van der Waals surface area (Å²) in [6, 6.07) is 16.0. The molecule has 0 aliphatic carbocycles. The van der Waals surface area contributed by atoms with Gasteiger partial charge in [-0.05, 0) is 31.5 Å². The molecule has 0 amide bonds. The fourth-order valence-corrected chi connectivity index (χ4v) is 4.58. The Kier molecular flexibility index (Phi) is 4.73. The van der Waals surface area contributed by atoms with Crippen LogP contribution in [0, 0.1) is 6.92 Å². The van der Waals surface area contributed by atoms with Crippen LogP contribution < -0.4 is 0 Å². The zero-order valence-corrected chi connectivity index (χ0v) is 14.7. The molecule has 1 fully saturated rings. The first kappa shape index (κ1) is 17.1. The van der Waals surface area contributed by atoms with Gasteiger partial charge in [-0.3, -0.25) is 0 Å².